The van der Waals surface area contributed by atoms with Crippen LogP contribution in [0.5, 0.6) is 0 Å². The first-order valence-corrected chi connectivity index (χ1v) is 9.59. The Balaban J connectivity index is 1.70. The van der Waals surface area contributed by atoms with E-state index in [9.17, 15) is 9.59 Å². The number of nitrogens with one attached hydrogen (secondary N) is 1. The number of methoxy groups -OCH3 is 1. The topological polar surface area (TPSA) is 83.4 Å². The fourth-order valence-electron chi connectivity index (χ4n) is 3.05. The van der Waals surface area contributed by atoms with Gasteiger partial charge in [-0.25, -0.2) is 4.79 Å². The minimum absolute atomic E-state index is 0.235. The van der Waals surface area contributed by atoms with Gasteiger partial charge in [0.1, 0.15) is 0 Å². The number of rotatable bonds is 4. The van der Waals surface area contributed by atoms with Crippen LogP contribution in [0.2, 0.25) is 0 Å². The lowest BCUT2D eigenvalue weighted by molar-refractivity contribution is -0.135. The van der Waals surface area contributed by atoms with Crippen molar-refractivity contribution in [1.29, 1.82) is 0 Å². The third kappa shape index (κ3) is 4.57. The maximum Gasteiger partial charge on any atom is 0.331 e. The summed E-state index contributed by atoms with van der Waals surface area (Å²) in [4.78, 5) is 25.7. The van der Waals surface area contributed by atoms with Gasteiger partial charge in [-0.15, -0.1) is 5.10 Å². The van der Waals surface area contributed by atoms with Crippen LogP contribution in [0, 0.1) is 0 Å². The van der Waals surface area contributed by atoms with Gasteiger partial charge in [0.2, 0.25) is 0 Å². The Morgan fingerprint density at radius 2 is 2.22 bits per heavy atom. The molecule has 1 aromatic rings. The largest absolute Gasteiger partial charge is 0.466 e. The minimum Gasteiger partial charge on any atom is -0.466 e. The second kappa shape index (κ2) is 8.39. The number of nitrogens with zero attached hydrogens (tertiary/aromatic N) is 3. The second-order valence-corrected chi connectivity index (χ2v) is 7.55. The van der Waals surface area contributed by atoms with Gasteiger partial charge in [-0.1, -0.05) is 6.07 Å². The summed E-state index contributed by atoms with van der Waals surface area (Å²) in [6.07, 6.45) is 5.00. The molecule has 1 aromatic carbocycles. The molecule has 0 radical (unpaired) electrons. The van der Waals surface area contributed by atoms with Crippen molar-refractivity contribution in [3.05, 3.63) is 40.3 Å². The molecule has 2 aliphatic heterocycles. The van der Waals surface area contributed by atoms with Gasteiger partial charge in [0.25, 0.3) is 5.91 Å². The molecule has 2 aliphatic rings. The molecule has 0 bridgehead atoms. The lowest BCUT2D eigenvalue weighted by Gasteiger charge is -2.34. The molecule has 1 saturated heterocycles. The van der Waals surface area contributed by atoms with Gasteiger partial charge in [0.05, 0.1) is 18.2 Å². The van der Waals surface area contributed by atoms with Crippen LogP contribution in [0.1, 0.15) is 31.4 Å². The number of hydrogen-bond acceptors (Lipinski definition) is 7. The number of thioether (sulfide) groups is 1. The van der Waals surface area contributed by atoms with Crippen molar-refractivity contribution in [3.63, 3.8) is 0 Å². The summed E-state index contributed by atoms with van der Waals surface area (Å²) in [7, 11) is 1.26. The molecular weight excluding hydrogens is 364 g/mol. The SMILES string of the molecule is COC(=O)/C=C1/S/C(=N\N=Cc2ccc3c(c2)CCCN3C(C)C)NC1=O. The summed E-state index contributed by atoms with van der Waals surface area (Å²) < 4.78 is 4.52. The Morgan fingerprint density at radius 3 is 2.96 bits per heavy atom. The molecule has 0 unspecified atom stereocenters. The highest BCUT2D eigenvalue weighted by atomic mass is 32.2. The molecule has 7 nitrogen and oxygen atoms in total. The van der Waals surface area contributed by atoms with E-state index < -0.39 is 5.97 Å². The maximum atomic E-state index is 11.8. The van der Waals surface area contributed by atoms with E-state index in [1.54, 1.807) is 6.21 Å². The second-order valence-electron chi connectivity index (χ2n) is 6.52. The zero-order chi connectivity index (χ0) is 19.4. The Hall–Kier alpha value is -2.61. The quantitative estimate of drug-likeness (QED) is 0.372. The molecule has 8 heteroatoms. The number of ether oxygens (including phenoxy) is 1. The minimum atomic E-state index is -0.582. The number of carbonyl (C=O) groups is 2. The van der Waals surface area contributed by atoms with E-state index in [0.29, 0.717) is 11.2 Å². The number of hydrogen-bond donors (Lipinski definition) is 1. The Labute approximate surface area is 162 Å². The monoisotopic (exact) mass is 386 g/mol. The van der Waals surface area contributed by atoms with Crippen LogP contribution in [-0.2, 0) is 20.7 Å². The van der Waals surface area contributed by atoms with Gasteiger partial charge in [-0.2, -0.15) is 5.10 Å². The predicted molar refractivity (Wildman–Crippen MR) is 108 cm³/mol. The van der Waals surface area contributed by atoms with Gasteiger partial charge in [0.15, 0.2) is 5.17 Å². The van der Waals surface area contributed by atoms with Crippen molar-refractivity contribution >= 4 is 40.7 Å². The van der Waals surface area contributed by atoms with Gasteiger partial charge < -0.3 is 9.64 Å². The van der Waals surface area contributed by atoms with Crippen molar-refractivity contribution in [2.75, 3.05) is 18.6 Å². The predicted octanol–water partition coefficient (Wildman–Crippen LogP) is 2.46. The normalized spacial score (nSPS) is 19.9. The van der Waals surface area contributed by atoms with Gasteiger partial charge in [-0.3, -0.25) is 10.1 Å². The fraction of sp³-hybridized carbons (Fsp3) is 0.368. The average molecular weight is 386 g/mol. The van der Waals surface area contributed by atoms with Gasteiger partial charge in [-0.05, 0) is 61.7 Å². The zero-order valence-corrected chi connectivity index (χ0v) is 16.4. The van der Waals surface area contributed by atoms with Crippen LogP contribution in [-0.4, -0.2) is 43.0 Å². The molecule has 0 atom stereocenters. The molecule has 0 saturated carbocycles. The van der Waals surface area contributed by atoms with Crippen molar-refractivity contribution in [3.8, 4) is 0 Å². The summed E-state index contributed by atoms with van der Waals surface area (Å²) in [6.45, 7) is 5.50. The first-order valence-electron chi connectivity index (χ1n) is 8.77. The number of fused-ring (bicyclic) bond motifs is 1. The highest BCUT2D eigenvalue weighted by Crippen LogP contribution is 2.29. The molecule has 2 heterocycles. The molecule has 0 aliphatic carbocycles. The molecule has 0 aromatic heterocycles. The summed E-state index contributed by atoms with van der Waals surface area (Å²) in [5.74, 6) is -0.969. The number of anilines is 1. The van der Waals surface area contributed by atoms with Crippen LogP contribution in [0.15, 0.2) is 39.4 Å². The molecular formula is C19H22N4O3S. The van der Waals surface area contributed by atoms with Gasteiger partial charge >= 0.3 is 5.97 Å². The first-order chi connectivity index (χ1) is 13.0. The van der Waals surface area contributed by atoms with Crippen molar-refractivity contribution in [2.45, 2.75) is 32.7 Å². The summed E-state index contributed by atoms with van der Waals surface area (Å²) >= 11 is 1.05. The number of amidine groups is 1. The van der Waals surface area contributed by atoms with Crippen LogP contribution >= 0.6 is 11.8 Å². The Morgan fingerprint density at radius 1 is 1.41 bits per heavy atom. The Bertz CT molecular complexity index is 845. The van der Waals surface area contributed by atoms with E-state index in [1.807, 2.05) is 6.07 Å². The van der Waals surface area contributed by atoms with Crippen molar-refractivity contribution < 1.29 is 14.3 Å². The highest BCUT2D eigenvalue weighted by Gasteiger charge is 2.25. The molecule has 3 rings (SSSR count). The molecule has 0 spiro atoms. The van der Waals surface area contributed by atoms with Crippen LogP contribution in [0.25, 0.3) is 0 Å². The number of aryl methyl sites for hydroxylation is 1. The van der Waals surface area contributed by atoms with Gasteiger partial charge in [0, 0.05) is 24.4 Å². The van der Waals surface area contributed by atoms with E-state index >= 15 is 0 Å². The first kappa shape index (κ1) is 19.2. The summed E-state index contributed by atoms with van der Waals surface area (Å²) in [6, 6.07) is 6.76. The standard InChI is InChI=1S/C19H22N4O3S/c1-12(2)23-8-4-5-14-9-13(6-7-15(14)23)11-20-22-19-21-18(25)16(27-19)10-17(24)26-3/h6-7,9-12H,4-5,8H2,1-3H3,(H,21,22,25)/b16-10+,20-11?. The fourth-order valence-corrected chi connectivity index (χ4v) is 3.79. The van der Waals surface area contributed by atoms with Crippen LogP contribution in [0.4, 0.5) is 5.69 Å². The molecule has 142 valence electrons. The van der Waals surface area contributed by atoms with Crippen molar-refractivity contribution in [2.24, 2.45) is 10.2 Å². The van der Waals surface area contributed by atoms with Crippen LogP contribution in [0.3, 0.4) is 0 Å². The van der Waals surface area contributed by atoms with E-state index in [0.717, 1.165) is 42.8 Å². The number of carbonyl (C=O) groups excluding carboxylic acids is 2. The Kier molecular flexibility index (Phi) is 5.95. The zero-order valence-electron chi connectivity index (χ0n) is 15.6. The summed E-state index contributed by atoms with van der Waals surface area (Å²) in [5, 5.41) is 11.0. The maximum absolute atomic E-state index is 11.8. The van der Waals surface area contributed by atoms with Crippen molar-refractivity contribution in [1.82, 2.24) is 5.32 Å². The van der Waals surface area contributed by atoms with E-state index in [-0.39, 0.29) is 10.8 Å². The van der Waals surface area contributed by atoms with E-state index in [4.69, 9.17) is 0 Å². The third-order valence-electron chi connectivity index (χ3n) is 4.34. The number of esters is 1. The number of benzene rings is 1. The summed E-state index contributed by atoms with van der Waals surface area (Å²) in [5.41, 5.74) is 3.57. The third-order valence-corrected chi connectivity index (χ3v) is 5.24. The molecule has 1 amide bonds. The molecule has 1 fully saturated rings. The molecule has 27 heavy (non-hydrogen) atoms. The van der Waals surface area contributed by atoms with E-state index in [1.165, 1.54) is 18.4 Å². The van der Waals surface area contributed by atoms with Crippen LogP contribution < -0.4 is 10.2 Å². The number of amides is 1. The lowest BCUT2D eigenvalue weighted by Crippen LogP contribution is -2.35. The molecule has 1 N–H and O–H groups in total. The lowest BCUT2D eigenvalue weighted by atomic mass is 9.98. The smallest absolute Gasteiger partial charge is 0.331 e. The van der Waals surface area contributed by atoms with E-state index in [2.05, 4.69) is 51.1 Å². The highest BCUT2D eigenvalue weighted by molar-refractivity contribution is 8.18. The average Bonchev–Trinajstić information content (AvgIpc) is 3.00.